The topological polar surface area (TPSA) is 56.9 Å². The van der Waals surface area contributed by atoms with E-state index in [2.05, 4.69) is 58.7 Å². The van der Waals surface area contributed by atoms with Gasteiger partial charge in [-0.2, -0.15) is 5.10 Å². The van der Waals surface area contributed by atoms with Gasteiger partial charge in [-0.25, -0.2) is 4.98 Å². The van der Waals surface area contributed by atoms with E-state index in [1.807, 2.05) is 18.7 Å². The number of nitrogens with one attached hydrogen (secondary N) is 1. The summed E-state index contributed by atoms with van der Waals surface area (Å²) in [5, 5.41) is 7.93. The van der Waals surface area contributed by atoms with Gasteiger partial charge in [-0.05, 0) is 86.9 Å². The van der Waals surface area contributed by atoms with Crippen LogP contribution in [0.2, 0.25) is 0 Å². The number of rotatable bonds is 5. The highest BCUT2D eigenvalue weighted by Crippen LogP contribution is 2.41. The third kappa shape index (κ3) is 5.17. The first-order valence-corrected chi connectivity index (χ1v) is 12.6. The van der Waals surface area contributed by atoms with Gasteiger partial charge in [0.05, 0.1) is 16.7 Å². The van der Waals surface area contributed by atoms with Gasteiger partial charge >= 0.3 is 6.36 Å². The van der Waals surface area contributed by atoms with Crippen LogP contribution in [0.4, 0.5) is 24.8 Å². The van der Waals surface area contributed by atoms with Crippen LogP contribution in [0.15, 0.2) is 42.5 Å². The van der Waals surface area contributed by atoms with E-state index >= 15 is 0 Å². The van der Waals surface area contributed by atoms with E-state index in [4.69, 9.17) is 4.98 Å². The van der Waals surface area contributed by atoms with Gasteiger partial charge in [-0.3, -0.25) is 4.68 Å². The van der Waals surface area contributed by atoms with Crippen molar-refractivity contribution >= 4 is 22.7 Å². The van der Waals surface area contributed by atoms with Crippen LogP contribution >= 0.6 is 0 Å². The van der Waals surface area contributed by atoms with Gasteiger partial charge in [0, 0.05) is 30.0 Å². The highest BCUT2D eigenvalue weighted by Gasteiger charge is 2.31. The number of fused-ring (bicyclic) bond motifs is 1. The molecule has 1 aliphatic carbocycles. The molecular formula is C28H32F3N5O. The summed E-state index contributed by atoms with van der Waals surface area (Å²) in [6, 6.07) is 12.4. The fraction of sp³-hybridized carbons (Fsp3) is 0.429. The van der Waals surface area contributed by atoms with Crippen LogP contribution in [0.1, 0.15) is 50.5 Å². The predicted octanol–water partition coefficient (Wildman–Crippen LogP) is 7.69. The lowest BCUT2D eigenvalue weighted by molar-refractivity contribution is -0.274. The Balaban J connectivity index is 1.56. The summed E-state index contributed by atoms with van der Waals surface area (Å²) >= 11 is 0. The minimum atomic E-state index is -4.72. The molecule has 4 aromatic rings. The third-order valence-corrected chi connectivity index (χ3v) is 7.35. The normalized spacial score (nSPS) is 20.4. The highest BCUT2D eigenvalue weighted by atomic mass is 19.4. The van der Waals surface area contributed by atoms with E-state index in [0.29, 0.717) is 23.5 Å². The lowest BCUT2D eigenvalue weighted by atomic mass is 9.80. The second-order valence-corrected chi connectivity index (χ2v) is 10.4. The summed E-state index contributed by atoms with van der Waals surface area (Å²) < 4.78 is 45.9. The van der Waals surface area contributed by atoms with Crippen LogP contribution in [0.5, 0.6) is 5.75 Å². The van der Waals surface area contributed by atoms with Crippen molar-refractivity contribution in [3.8, 4) is 16.9 Å². The monoisotopic (exact) mass is 511 g/mol. The second kappa shape index (κ2) is 9.43. The largest absolute Gasteiger partial charge is 0.573 e. The molecule has 1 fully saturated rings. The maximum absolute atomic E-state index is 12.6. The molecule has 0 bridgehead atoms. The molecule has 2 aromatic heterocycles. The van der Waals surface area contributed by atoms with Crippen molar-refractivity contribution in [1.29, 1.82) is 0 Å². The standard InChI is InChI=1S/C28H32F3N5O/c1-16-12-17(2)14-22(13-16)36-25-11-6-20(26-18(3)34-35(5)19(26)4)15-24(25)33-27(36)32-21-7-9-23(10-8-21)37-28(29,30)31/h6-11,15-17,22H,12-14H2,1-5H3,(H,32,33). The zero-order valence-corrected chi connectivity index (χ0v) is 21.7. The van der Waals surface area contributed by atoms with Crippen molar-refractivity contribution < 1.29 is 17.9 Å². The Morgan fingerprint density at radius 1 is 0.973 bits per heavy atom. The Kier molecular flexibility index (Phi) is 6.41. The van der Waals surface area contributed by atoms with Gasteiger partial charge in [0.25, 0.3) is 0 Å². The number of hydrogen-bond donors (Lipinski definition) is 1. The smallest absolute Gasteiger partial charge is 0.406 e. The molecule has 2 aromatic carbocycles. The summed E-state index contributed by atoms with van der Waals surface area (Å²) in [6.07, 6.45) is -1.42. The number of benzene rings is 2. The van der Waals surface area contributed by atoms with E-state index in [0.717, 1.165) is 46.4 Å². The quantitative estimate of drug-likeness (QED) is 0.298. The van der Waals surface area contributed by atoms with Gasteiger partial charge in [0.15, 0.2) is 0 Å². The van der Waals surface area contributed by atoms with E-state index in [9.17, 15) is 13.2 Å². The molecule has 2 heterocycles. The van der Waals surface area contributed by atoms with Crippen molar-refractivity contribution in [2.75, 3.05) is 5.32 Å². The minimum absolute atomic E-state index is 0.256. The van der Waals surface area contributed by atoms with Crippen molar-refractivity contribution in [3.63, 3.8) is 0 Å². The third-order valence-electron chi connectivity index (χ3n) is 7.35. The van der Waals surface area contributed by atoms with Gasteiger partial charge in [0.1, 0.15) is 5.75 Å². The Hall–Kier alpha value is -3.49. The summed E-state index contributed by atoms with van der Waals surface area (Å²) in [6.45, 7) is 8.65. The predicted molar refractivity (Wildman–Crippen MR) is 139 cm³/mol. The Morgan fingerprint density at radius 2 is 1.65 bits per heavy atom. The first-order valence-electron chi connectivity index (χ1n) is 12.6. The molecule has 0 radical (unpaired) electrons. The minimum Gasteiger partial charge on any atom is -0.406 e. The van der Waals surface area contributed by atoms with Gasteiger partial charge < -0.3 is 14.6 Å². The van der Waals surface area contributed by atoms with Crippen LogP contribution in [0, 0.1) is 25.7 Å². The molecule has 1 N–H and O–H groups in total. The van der Waals surface area contributed by atoms with Crippen molar-refractivity contribution in [2.24, 2.45) is 18.9 Å². The Bertz CT molecular complexity index is 1410. The number of nitrogens with zero attached hydrogens (tertiary/aromatic N) is 4. The first-order chi connectivity index (χ1) is 17.5. The molecular weight excluding hydrogens is 479 g/mol. The Morgan fingerprint density at radius 3 is 2.24 bits per heavy atom. The highest BCUT2D eigenvalue weighted by molar-refractivity contribution is 5.86. The maximum atomic E-state index is 12.6. The Labute approximate surface area is 214 Å². The zero-order valence-electron chi connectivity index (χ0n) is 21.7. The molecule has 37 heavy (non-hydrogen) atoms. The molecule has 0 saturated heterocycles. The van der Waals surface area contributed by atoms with Crippen LogP contribution < -0.4 is 10.1 Å². The molecule has 2 unspecified atom stereocenters. The number of alkyl halides is 3. The van der Waals surface area contributed by atoms with Crippen LogP contribution in [-0.2, 0) is 7.05 Å². The van der Waals surface area contributed by atoms with Crippen molar-refractivity contribution in [2.45, 2.75) is 59.4 Å². The van der Waals surface area contributed by atoms with Crippen molar-refractivity contribution in [1.82, 2.24) is 19.3 Å². The lowest BCUT2D eigenvalue weighted by Gasteiger charge is -2.33. The number of ether oxygens (including phenoxy) is 1. The van der Waals surface area contributed by atoms with Gasteiger partial charge in [-0.1, -0.05) is 19.9 Å². The van der Waals surface area contributed by atoms with Crippen LogP contribution in [-0.4, -0.2) is 25.7 Å². The van der Waals surface area contributed by atoms with E-state index in [1.165, 1.54) is 18.6 Å². The van der Waals surface area contributed by atoms with E-state index in [-0.39, 0.29) is 11.8 Å². The fourth-order valence-electron chi connectivity index (χ4n) is 5.89. The average molecular weight is 512 g/mol. The maximum Gasteiger partial charge on any atom is 0.573 e. The first kappa shape index (κ1) is 25.2. The SMILES string of the molecule is Cc1nn(C)c(C)c1-c1ccc2c(c1)nc(Nc1ccc(OC(F)(F)F)cc1)n2C1CC(C)CC(C)C1. The average Bonchev–Trinajstić information content (AvgIpc) is 3.28. The van der Waals surface area contributed by atoms with Crippen molar-refractivity contribution in [3.05, 3.63) is 53.9 Å². The van der Waals surface area contributed by atoms with Gasteiger partial charge in [0.2, 0.25) is 5.95 Å². The summed E-state index contributed by atoms with van der Waals surface area (Å²) in [5.41, 5.74) is 6.76. The number of anilines is 2. The number of aryl methyl sites for hydroxylation is 2. The zero-order chi connectivity index (χ0) is 26.5. The van der Waals surface area contributed by atoms with E-state index in [1.54, 1.807) is 12.1 Å². The summed E-state index contributed by atoms with van der Waals surface area (Å²) in [4.78, 5) is 4.98. The number of halogens is 3. The number of imidazole rings is 1. The summed E-state index contributed by atoms with van der Waals surface area (Å²) in [7, 11) is 1.94. The molecule has 196 valence electrons. The number of aromatic nitrogens is 4. The molecule has 1 saturated carbocycles. The molecule has 0 amide bonds. The van der Waals surface area contributed by atoms with E-state index < -0.39 is 6.36 Å². The molecule has 0 spiro atoms. The summed E-state index contributed by atoms with van der Waals surface area (Å²) in [5.74, 6) is 1.62. The molecule has 6 nitrogen and oxygen atoms in total. The molecule has 9 heteroatoms. The number of hydrogen-bond acceptors (Lipinski definition) is 4. The van der Waals surface area contributed by atoms with Gasteiger partial charge in [-0.15, -0.1) is 13.2 Å². The van der Waals surface area contributed by atoms with Crippen LogP contribution in [0.3, 0.4) is 0 Å². The fourth-order valence-corrected chi connectivity index (χ4v) is 5.89. The van der Waals surface area contributed by atoms with Crippen LogP contribution in [0.25, 0.3) is 22.2 Å². The molecule has 2 atom stereocenters. The molecule has 0 aliphatic heterocycles. The molecule has 5 rings (SSSR count). The second-order valence-electron chi connectivity index (χ2n) is 10.4. The molecule has 1 aliphatic rings. The lowest BCUT2D eigenvalue weighted by Crippen LogP contribution is -2.23.